The summed E-state index contributed by atoms with van der Waals surface area (Å²) in [6.07, 6.45) is 8.40. The number of amides is 1. The summed E-state index contributed by atoms with van der Waals surface area (Å²) >= 11 is 0. The Morgan fingerprint density at radius 3 is 2.94 bits per heavy atom. The maximum Gasteiger partial charge on any atom is 0.327 e. The van der Waals surface area contributed by atoms with Crippen molar-refractivity contribution in [3.8, 4) is 0 Å². The van der Waals surface area contributed by atoms with E-state index in [1.807, 2.05) is 0 Å². The van der Waals surface area contributed by atoms with Gasteiger partial charge >= 0.3 is 6.03 Å². The summed E-state index contributed by atoms with van der Waals surface area (Å²) < 4.78 is 1.49. The van der Waals surface area contributed by atoms with Gasteiger partial charge in [0.05, 0.1) is 0 Å². The number of imidazole rings is 1. The molecule has 16 heavy (non-hydrogen) atoms. The highest BCUT2D eigenvalue weighted by molar-refractivity contribution is 5.76. The smallest absolute Gasteiger partial charge is 0.327 e. The van der Waals surface area contributed by atoms with Crippen LogP contribution in [0.2, 0.25) is 0 Å². The highest BCUT2D eigenvalue weighted by Crippen LogP contribution is 2.29. The SMILES string of the molecule is CC1CCCC(NC(=O)n2ccnc2)C1C. The average Bonchev–Trinajstić information content (AvgIpc) is 2.78. The molecule has 1 heterocycles. The first kappa shape index (κ1) is 11.2. The van der Waals surface area contributed by atoms with Crippen molar-refractivity contribution in [1.29, 1.82) is 0 Å². The molecular weight excluding hydrogens is 202 g/mol. The number of hydrogen-bond donors (Lipinski definition) is 1. The molecule has 1 fully saturated rings. The Bertz CT molecular complexity index is 347. The lowest BCUT2D eigenvalue weighted by Gasteiger charge is -2.34. The Labute approximate surface area is 96.1 Å². The van der Waals surface area contributed by atoms with E-state index in [1.165, 1.54) is 23.7 Å². The van der Waals surface area contributed by atoms with Gasteiger partial charge in [-0.1, -0.05) is 26.7 Å². The van der Waals surface area contributed by atoms with E-state index in [1.54, 1.807) is 12.4 Å². The molecule has 2 rings (SSSR count). The van der Waals surface area contributed by atoms with Gasteiger partial charge in [0, 0.05) is 18.4 Å². The molecule has 0 spiro atoms. The van der Waals surface area contributed by atoms with Crippen LogP contribution in [-0.2, 0) is 0 Å². The van der Waals surface area contributed by atoms with Gasteiger partial charge in [-0.15, -0.1) is 0 Å². The predicted molar refractivity (Wildman–Crippen MR) is 62.1 cm³/mol. The standard InChI is InChI=1S/C12H19N3O/c1-9-4-3-5-11(10(9)2)14-12(16)15-7-6-13-8-15/h6-11H,3-5H2,1-2H3,(H,14,16). The molecular formula is C12H19N3O. The van der Waals surface area contributed by atoms with E-state index >= 15 is 0 Å². The molecule has 0 bridgehead atoms. The van der Waals surface area contributed by atoms with Gasteiger partial charge in [0.2, 0.25) is 0 Å². The summed E-state index contributed by atoms with van der Waals surface area (Å²) in [6, 6.07) is 0.238. The van der Waals surface area contributed by atoms with Gasteiger partial charge in [-0.2, -0.15) is 0 Å². The molecule has 1 aromatic heterocycles. The molecule has 1 aliphatic carbocycles. The van der Waals surface area contributed by atoms with Gasteiger partial charge in [-0.05, 0) is 18.3 Å². The minimum Gasteiger partial charge on any atom is -0.334 e. The van der Waals surface area contributed by atoms with Gasteiger partial charge in [0.1, 0.15) is 6.33 Å². The molecule has 1 aromatic rings. The molecule has 1 N–H and O–H groups in total. The second kappa shape index (κ2) is 4.68. The van der Waals surface area contributed by atoms with Crippen molar-refractivity contribution in [3.05, 3.63) is 18.7 Å². The van der Waals surface area contributed by atoms with Gasteiger partial charge in [0.25, 0.3) is 0 Å². The summed E-state index contributed by atoms with van der Waals surface area (Å²) in [5, 5.41) is 3.09. The normalized spacial score (nSPS) is 30.0. The van der Waals surface area contributed by atoms with Crippen LogP contribution in [0.15, 0.2) is 18.7 Å². The molecule has 0 saturated heterocycles. The second-order valence-electron chi connectivity index (χ2n) is 4.79. The molecule has 3 unspecified atom stereocenters. The fraction of sp³-hybridized carbons (Fsp3) is 0.667. The number of nitrogens with zero attached hydrogens (tertiary/aromatic N) is 2. The number of carbonyl (C=O) groups is 1. The van der Waals surface area contributed by atoms with Gasteiger partial charge in [0.15, 0.2) is 0 Å². The minimum absolute atomic E-state index is 0.0662. The third kappa shape index (κ3) is 2.26. The largest absolute Gasteiger partial charge is 0.334 e. The van der Waals surface area contributed by atoms with Gasteiger partial charge in [-0.25, -0.2) is 9.78 Å². The van der Waals surface area contributed by atoms with E-state index in [2.05, 4.69) is 24.1 Å². The molecule has 4 heteroatoms. The van der Waals surface area contributed by atoms with Crippen LogP contribution in [0.3, 0.4) is 0 Å². The zero-order valence-electron chi connectivity index (χ0n) is 9.89. The quantitative estimate of drug-likeness (QED) is 0.790. The average molecular weight is 221 g/mol. The third-order valence-electron chi connectivity index (χ3n) is 3.75. The molecule has 0 aliphatic heterocycles. The van der Waals surface area contributed by atoms with E-state index in [0.717, 1.165) is 6.42 Å². The first-order valence-corrected chi connectivity index (χ1v) is 5.97. The highest BCUT2D eigenvalue weighted by Gasteiger charge is 2.28. The molecule has 0 aromatic carbocycles. The lowest BCUT2D eigenvalue weighted by molar-refractivity contribution is 0.196. The number of hydrogen-bond acceptors (Lipinski definition) is 2. The summed E-state index contributed by atoms with van der Waals surface area (Å²) in [5.74, 6) is 1.25. The maximum absolute atomic E-state index is 11.8. The fourth-order valence-electron chi connectivity index (χ4n) is 2.40. The lowest BCUT2D eigenvalue weighted by atomic mass is 9.78. The second-order valence-corrected chi connectivity index (χ2v) is 4.79. The number of carbonyl (C=O) groups excluding carboxylic acids is 1. The monoisotopic (exact) mass is 221 g/mol. The third-order valence-corrected chi connectivity index (χ3v) is 3.75. The molecule has 3 atom stereocenters. The summed E-state index contributed by atoms with van der Waals surface area (Å²) in [5.41, 5.74) is 0. The fourth-order valence-corrected chi connectivity index (χ4v) is 2.40. The van der Waals surface area contributed by atoms with Crippen molar-refractivity contribution < 1.29 is 4.79 Å². The van der Waals surface area contributed by atoms with Crippen molar-refractivity contribution in [3.63, 3.8) is 0 Å². The van der Waals surface area contributed by atoms with Crippen LogP contribution in [0, 0.1) is 11.8 Å². The van der Waals surface area contributed by atoms with Crippen molar-refractivity contribution in [2.24, 2.45) is 11.8 Å². The van der Waals surface area contributed by atoms with Gasteiger partial charge in [-0.3, -0.25) is 4.57 Å². The number of rotatable bonds is 1. The van der Waals surface area contributed by atoms with E-state index in [0.29, 0.717) is 17.9 Å². The maximum atomic E-state index is 11.8. The molecule has 1 amide bonds. The Kier molecular flexibility index (Phi) is 3.27. The summed E-state index contributed by atoms with van der Waals surface area (Å²) in [6.45, 7) is 4.49. The van der Waals surface area contributed by atoms with E-state index < -0.39 is 0 Å². The van der Waals surface area contributed by atoms with Crippen molar-refractivity contribution in [2.75, 3.05) is 0 Å². The van der Waals surface area contributed by atoms with Crippen LogP contribution in [0.4, 0.5) is 4.79 Å². The van der Waals surface area contributed by atoms with Crippen LogP contribution in [-0.4, -0.2) is 21.6 Å². The predicted octanol–water partition coefficient (Wildman–Crippen LogP) is 2.27. The van der Waals surface area contributed by atoms with Crippen LogP contribution in [0.25, 0.3) is 0 Å². The topological polar surface area (TPSA) is 46.9 Å². The zero-order valence-corrected chi connectivity index (χ0v) is 9.89. The van der Waals surface area contributed by atoms with Crippen LogP contribution in [0.5, 0.6) is 0 Å². The molecule has 1 aliphatic rings. The van der Waals surface area contributed by atoms with Gasteiger partial charge < -0.3 is 5.32 Å². The van der Waals surface area contributed by atoms with E-state index in [-0.39, 0.29) is 6.03 Å². The number of nitrogens with one attached hydrogen (secondary N) is 1. The van der Waals surface area contributed by atoms with Crippen molar-refractivity contribution >= 4 is 6.03 Å². The minimum atomic E-state index is -0.0662. The molecule has 88 valence electrons. The van der Waals surface area contributed by atoms with Crippen molar-refractivity contribution in [1.82, 2.24) is 14.9 Å². The van der Waals surface area contributed by atoms with E-state index in [9.17, 15) is 4.79 Å². The lowest BCUT2D eigenvalue weighted by Crippen LogP contribution is -2.45. The Balaban J connectivity index is 1.96. The number of aromatic nitrogens is 2. The van der Waals surface area contributed by atoms with E-state index in [4.69, 9.17) is 0 Å². The molecule has 4 nitrogen and oxygen atoms in total. The zero-order chi connectivity index (χ0) is 11.5. The van der Waals surface area contributed by atoms with Crippen LogP contribution < -0.4 is 5.32 Å². The summed E-state index contributed by atoms with van der Waals surface area (Å²) in [4.78, 5) is 15.7. The Hall–Kier alpha value is -1.32. The summed E-state index contributed by atoms with van der Waals surface area (Å²) in [7, 11) is 0. The van der Waals surface area contributed by atoms with Crippen molar-refractivity contribution in [2.45, 2.75) is 39.2 Å². The highest BCUT2D eigenvalue weighted by atomic mass is 16.2. The molecule has 1 saturated carbocycles. The molecule has 0 radical (unpaired) electrons. The first-order chi connectivity index (χ1) is 7.68. The Morgan fingerprint density at radius 1 is 1.44 bits per heavy atom. The van der Waals surface area contributed by atoms with Crippen LogP contribution >= 0.6 is 0 Å². The van der Waals surface area contributed by atoms with Crippen LogP contribution in [0.1, 0.15) is 33.1 Å². The Morgan fingerprint density at radius 2 is 2.25 bits per heavy atom. The first-order valence-electron chi connectivity index (χ1n) is 5.97.